The summed E-state index contributed by atoms with van der Waals surface area (Å²) in [5.74, 6) is 2.59. The van der Waals surface area contributed by atoms with Crippen LogP contribution in [0.4, 0.5) is 0 Å². The van der Waals surface area contributed by atoms with Crippen molar-refractivity contribution in [3.63, 3.8) is 0 Å². The monoisotopic (exact) mass is 440 g/mol. The maximum Gasteiger partial charge on any atom is 0.138 e. The molecule has 0 aromatic carbocycles. The Morgan fingerprint density at radius 1 is 1.16 bits per heavy atom. The fourth-order valence-corrected chi connectivity index (χ4v) is 9.19. The first-order valence-corrected chi connectivity index (χ1v) is 13.4. The summed E-state index contributed by atoms with van der Waals surface area (Å²) < 4.78 is 0. The summed E-state index contributed by atoms with van der Waals surface area (Å²) in [6.45, 7) is 18.6. The van der Waals surface area contributed by atoms with Gasteiger partial charge in [-0.1, -0.05) is 64.8 Å². The second kappa shape index (κ2) is 7.82. The zero-order chi connectivity index (χ0) is 23.7. The summed E-state index contributed by atoms with van der Waals surface area (Å²) in [7, 11) is 0. The average Bonchev–Trinajstić information content (AvgIpc) is 2.71. The van der Waals surface area contributed by atoms with Gasteiger partial charge in [0.1, 0.15) is 5.78 Å². The zero-order valence-electron chi connectivity index (χ0n) is 22.1. The van der Waals surface area contributed by atoms with E-state index >= 15 is 0 Å². The lowest BCUT2D eigenvalue weighted by Gasteiger charge is -2.68. The fraction of sp³-hybridized carbons (Fsp3) is 0.833. The first-order valence-electron chi connectivity index (χ1n) is 13.4. The van der Waals surface area contributed by atoms with Gasteiger partial charge < -0.3 is 5.11 Å². The maximum absolute atomic E-state index is 12.8. The quantitative estimate of drug-likeness (QED) is 0.461. The molecule has 0 aliphatic heterocycles. The minimum absolute atomic E-state index is 0.131. The van der Waals surface area contributed by atoms with E-state index in [1.807, 2.05) is 0 Å². The third-order valence-corrected chi connectivity index (χ3v) is 11.8. The predicted octanol–water partition coefficient (Wildman–Crippen LogP) is 7.51. The summed E-state index contributed by atoms with van der Waals surface area (Å²) in [6.07, 6.45) is 13.0. The highest BCUT2D eigenvalue weighted by molar-refractivity contribution is 5.85. The van der Waals surface area contributed by atoms with Crippen LogP contribution in [0.5, 0.6) is 0 Å². The van der Waals surface area contributed by atoms with Gasteiger partial charge in [-0.2, -0.15) is 0 Å². The van der Waals surface area contributed by atoms with E-state index in [9.17, 15) is 9.90 Å². The SMILES string of the molecule is CC(C)=CCC[C@@H]1C[C@@H](O)[C@]2(C)C3=CC[C@H]4C(C)(C)C(=O)CC[C@]4(C)[C@H]3CC[C@@]2(C)[C@@H]1C. The van der Waals surface area contributed by atoms with Crippen LogP contribution in [0, 0.1) is 45.3 Å². The molecule has 0 radical (unpaired) electrons. The van der Waals surface area contributed by atoms with Crippen molar-refractivity contribution in [1.29, 1.82) is 0 Å². The third-order valence-electron chi connectivity index (χ3n) is 11.8. The number of fused-ring (bicyclic) bond motifs is 5. The van der Waals surface area contributed by atoms with Crippen molar-refractivity contribution >= 4 is 5.78 Å². The number of carbonyl (C=O) groups is 1. The van der Waals surface area contributed by atoms with Gasteiger partial charge in [0.25, 0.3) is 0 Å². The van der Waals surface area contributed by atoms with Gasteiger partial charge in [0.15, 0.2) is 0 Å². The summed E-state index contributed by atoms with van der Waals surface area (Å²) in [4.78, 5) is 12.8. The highest BCUT2D eigenvalue weighted by Gasteiger charge is 2.66. The number of rotatable bonds is 3. The molecule has 0 aromatic heterocycles. The van der Waals surface area contributed by atoms with Crippen molar-refractivity contribution in [3.05, 3.63) is 23.3 Å². The van der Waals surface area contributed by atoms with Crippen LogP contribution in [0.2, 0.25) is 0 Å². The standard InChI is InChI=1S/C30H48O2/c1-19(2)10-9-11-21-18-26(32)30(8)23-12-13-24-27(4,5)25(31)15-16-28(24,6)22(23)14-17-29(30,7)20(21)3/h10,12,20-22,24,26,32H,9,11,13-18H2,1-8H3/t20-,21-,22+,24+,26-,28-,29+,30+/m1/s1. The van der Waals surface area contributed by atoms with E-state index in [0.717, 1.165) is 32.1 Å². The van der Waals surface area contributed by atoms with Crippen LogP contribution in [0.25, 0.3) is 0 Å². The van der Waals surface area contributed by atoms with Crippen molar-refractivity contribution in [3.8, 4) is 0 Å². The molecule has 1 N–H and O–H groups in total. The summed E-state index contributed by atoms with van der Waals surface area (Å²) >= 11 is 0. The molecule has 0 amide bonds. The minimum atomic E-state index is -0.271. The molecule has 3 saturated carbocycles. The molecule has 0 heterocycles. The molecule has 0 unspecified atom stereocenters. The molecule has 4 aliphatic rings. The van der Waals surface area contributed by atoms with Crippen molar-refractivity contribution in [2.24, 2.45) is 45.3 Å². The number of aliphatic hydroxyl groups is 1. The molecule has 8 atom stereocenters. The lowest BCUT2D eigenvalue weighted by molar-refractivity contribution is -0.171. The van der Waals surface area contributed by atoms with Crippen LogP contribution in [-0.2, 0) is 4.79 Å². The van der Waals surface area contributed by atoms with E-state index in [1.54, 1.807) is 5.57 Å². The summed E-state index contributed by atoms with van der Waals surface area (Å²) in [6, 6.07) is 0. The Hall–Kier alpha value is -0.890. The van der Waals surface area contributed by atoms with E-state index in [4.69, 9.17) is 0 Å². The topological polar surface area (TPSA) is 37.3 Å². The molecule has 2 nitrogen and oxygen atoms in total. The van der Waals surface area contributed by atoms with Crippen LogP contribution in [0.15, 0.2) is 23.3 Å². The van der Waals surface area contributed by atoms with Gasteiger partial charge in [0.2, 0.25) is 0 Å². The van der Waals surface area contributed by atoms with Crippen molar-refractivity contribution in [2.45, 2.75) is 113 Å². The molecular weight excluding hydrogens is 392 g/mol. The van der Waals surface area contributed by atoms with Crippen LogP contribution < -0.4 is 0 Å². The van der Waals surface area contributed by atoms with Gasteiger partial charge in [-0.25, -0.2) is 0 Å². The number of allylic oxidation sites excluding steroid dienone is 3. The van der Waals surface area contributed by atoms with Crippen molar-refractivity contribution in [1.82, 2.24) is 0 Å². The highest BCUT2D eigenvalue weighted by atomic mass is 16.3. The van der Waals surface area contributed by atoms with Gasteiger partial charge >= 0.3 is 0 Å². The van der Waals surface area contributed by atoms with E-state index in [0.29, 0.717) is 29.5 Å². The molecule has 0 aromatic rings. The lowest BCUT2D eigenvalue weighted by Crippen LogP contribution is -2.63. The largest absolute Gasteiger partial charge is 0.392 e. The number of ketones is 1. The molecule has 180 valence electrons. The lowest BCUT2D eigenvalue weighted by atomic mass is 9.37. The van der Waals surface area contributed by atoms with Gasteiger partial charge in [-0.3, -0.25) is 4.79 Å². The number of aliphatic hydroxyl groups excluding tert-OH is 1. The van der Waals surface area contributed by atoms with Crippen LogP contribution in [0.1, 0.15) is 107 Å². The van der Waals surface area contributed by atoms with Gasteiger partial charge in [-0.05, 0) is 93.3 Å². The fourth-order valence-electron chi connectivity index (χ4n) is 9.19. The second-order valence-electron chi connectivity index (χ2n) is 13.5. The van der Waals surface area contributed by atoms with E-state index in [1.165, 1.54) is 24.8 Å². The molecule has 0 saturated heterocycles. The van der Waals surface area contributed by atoms with E-state index < -0.39 is 0 Å². The highest BCUT2D eigenvalue weighted by Crippen LogP contribution is 2.71. The number of hydrogen-bond acceptors (Lipinski definition) is 2. The zero-order valence-corrected chi connectivity index (χ0v) is 22.1. The Balaban J connectivity index is 1.69. The minimum Gasteiger partial charge on any atom is -0.392 e. The average molecular weight is 441 g/mol. The Kier molecular flexibility index (Phi) is 5.93. The Bertz CT molecular complexity index is 830. The smallest absolute Gasteiger partial charge is 0.138 e. The number of Topliss-reactive ketones (excluding diaryl/α,β-unsaturated/α-hetero) is 1. The van der Waals surface area contributed by atoms with Crippen molar-refractivity contribution in [2.75, 3.05) is 0 Å². The Morgan fingerprint density at radius 2 is 1.84 bits per heavy atom. The molecule has 2 heteroatoms. The maximum atomic E-state index is 12.8. The third kappa shape index (κ3) is 3.18. The molecular formula is C30H48O2. The number of carbonyl (C=O) groups excluding carboxylic acids is 1. The molecule has 0 bridgehead atoms. The summed E-state index contributed by atoms with van der Waals surface area (Å²) in [5, 5.41) is 11.8. The Morgan fingerprint density at radius 3 is 2.50 bits per heavy atom. The van der Waals surface area contributed by atoms with Crippen LogP contribution >= 0.6 is 0 Å². The first kappa shape index (κ1) is 24.2. The predicted molar refractivity (Wildman–Crippen MR) is 133 cm³/mol. The normalized spacial score (nSPS) is 47.6. The molecule has 4 rings (SSSR count). The van der Waals surface area contributed by atoms with E-state index in [2.05, 4.69) is 67.5 Å². The molecule has 0 spiro atoms. The van der Waals surface area contributed by atoms with Crippen molar-refractivity contribution < 1.29 is 9.90 Å². The van der Waals surface area contributed by atoms with Gasteiger partial charge in [-0.15, -0.1) is 0 Å². The van der Waals surface area contributed by atoms with E-state index in [-0.39, 0.29) is 27.8 Å². The number of hydrogen-bond donors (Lipinski definition) is 1. The Labute approximate surface area is 197 Å². The van der Waals surface area contributed by atoms with Crippen LogP contribution in [-0.4, -0.2) is 17.0 Å². The van der Waals surface area contributed by atoms with Gasteiger partial charge in [0, 0.05) is 17.3 Å². The molecule has 4 aliphatic carbocycles. The van der Waals surface area contributed by atoms with Gasteiger partial charge in [0.05, 0.1) is 6.10 Å². The van der Waals surface area contributed by atoms with Crippen LogP contribution in [0.3, 0.4) is 0 Å². The molecule has 3 fully saturated rings. The molecule has 32 heavy (non-hydrogen) atoms. The second-order valence-corrected chi connectivity index (χ2v) is 13.5. The summed E-state index contributed by atoms with van der Waals surface area (Å²) in [5.41, 5.74) is 2.88. The first-order chi connectivity index (χ1) is 14.8.